The van der Waals surface area contributed by atoms with E-state index in [1.54, 1.807) is 12.3 Å². The number of hydrogen-bond donors (Lipinski definition) is 2. The first-order valence-electron chi connectivity index (χ1n) is 5.28. The van der Waals surface area contributed by atoms with E-state index in [1.807, 2.05) is 13.8 Å². The maximum absolute atomic E-state index is 11.8. The van der Waals surface area contributed by atoms with Gasteiger partial charge < -0.3 is 5.32 Å². The van der Waals surface area contributed by atoms with Gasteiger partial charge in [0.1, 0.15) is 4.90 Å². The van der Waals surface area contributed by atoms with Gasteiger partial charge in [-0.1, -0.05) is 6.92 Å². The van der Waals surface area contributed by atoms with Crippen molar-refractivity contribution in [1.82, 2.24) is 9.71 Å². The Morgan fingerprint density at radius 1 is 1.31 bits per heavy atom. The molecule has 0 saturated heterocycles. The van der Waals surface area contributed by atoms with Crippen molar-refractivity contribution in [3.8, 4) is 0 Å². The van der Waals surface area contributed by atoms with E-state index in [9.17, 15) is 8.42 Å². The fourth-order valence-corrected chi connectivity index (χ4v) is 2.31. The summed E-state index contributed by atoms with van der Waals surface area (Å²) in [5, 5.41) is 3.02. The van der Waals surface area contributed by atoms with Crippen LogP contribution < -0.4 is 10.0 Å². The summed E-state index contributed by atoms with van der Waals surface area (Å²) in [4.78, 5) is 4.09. The van der Waals surface area contributed by atoms with Gasteiger partial charge in [-0.2, -0.15) is 0 Å². The minimum Gasteiger partial charge on any atom is -0.384 e. The number of hydrogen-bond acceptors (Lipinski definition) is 4. The van der Waals surface area contributed by atoms with Crippen LogP contribution in [0, 0.1) is 0 Å². The lowest BCUT2D eigenvalue weighted by Crippen LogP contribution is -2.24. The van der Waals surface area contributed by atoms with Crippen molar-refractivity contribution in [2.75, 3.05) is 18.4 Å². The van der Waals surface area contributed by atoms with Gasteiger partial charge in [-0.05, 0) is 19.4 Å². The van der Waals surface area contributed by atoms with Crippen molar-refractivity contribution in [1.29, 1.82) is 0 Å². The number of nitrogens with zero attached hydrogens (tertiary/aromatic N) is 1. The molecule has 5 nitrogen and oxygen atoms in total. The molecule has 0 atom stereocenters. The number of rotatable bonds is 6. The molecule has 0 aromatic carbocycles. The first-order valence-corrected chi connectivity index (χ1v) is 6.77. The predicted molar refractivity (Wildman–Crippen MR) is 63.9 cm³/mol. The summed E-state index contributed by atoms with van der Waals surface area (Å²) >= 11 is 0. The summed E-state index contributed by atoms with van der Waals surface area (Å²) in [6.07, 6.45) is 3.71. The van der Waals surface area contributed by atoms with Gasteiger partial charge in [0.2, 0.25) is 10.0 Å². The molecule has 1 aromatic rings. The van der Waals surface area contributed by atoms with Crippen LogP contribution >= 0.6 is 0 Å². The van der Waals surface area contributed by atoms with Gasteiger partial charge in [0.05, 0.1) is 11.9 Å². The summed E-state index contributed by atoms with van der Waals surface area (Å²) in [5.41, 5.74) is 0.710. The Bertz CT molecular complexity index is 431. The van der Waals surface area contributed by atoms with E-state index in [-0.39, 0.29) is 4.90 Å². The Morgan fingerprint density at radius 2 is 2.06 bits per heavy atom. The predicted octanol–water partition coefficient (Wildman–Crippen LogP) is 1.20. The van der Waals surface area contributed by atoms with Crippen LogP contribution in [0.3, 0.4) is 0 Å². The van der Waals surface area contributed by atoms with Gasteiger partial charge in [-0.15, -0.1) is 0 Å². The summed E-state index contributed by atoms with van der Waals surface area (Å²) in [7, 11) is -3.42. The van der Waals surface area contributed by atoms with E-state index < -0.39 is 10.0 Å². The molecule has 0 amide bonds. The average molecular weight is 243 g/mol. The lowest BCUT2D eigenvalue weighted by Gasteiger charge is -2.07. The van der Waals surface area contributed by atoms with E-state index in [4.69, 9.17) is 0 Å². The quantitative estimate of drug-likeness (QED) is 0.787. The topological polar surface area (TPSA) is 71.1 Å². The Morgan fingerprint density at radius 3 is 2.69 bits per heavy atom. The van der Waals surface area contributed by atoms with Crippen molar-refractivity contribution in [2.45, 2.75) is 25.2 Å². The molecule has 0 aliphatic rings. The monoisotopic (exact) mass is 243 g/mol. The van der Waals surface area contributed by atoms with Gasteiger partial charge >= 0.3 is 0 Å². The minimum atomic E-state index is -3.42. The Labute approximate surface area is 96.3 Å². The second-order valence-corrected chi connectivity index (χ2v) is 5.10. The standard InChI is InChI=1S/C10H17N3O2S/c1-3-5-13-16(14,15)10-6-9(12-4-2)7-11-8-10/h6-8,12-13H,3-5H2,1-2H3. The molecule has 1 heterocycles. The van der Waals surface area contributed by atoms with Crippen LogP contribution in [0.1, 0.15) is 20.3 Å². The van der Waals surface area contributed by atoms with Gasteiger partial charge in [0.15, 0.2) is 0 Å². The third-order valence-electron chi connectivity index (χ3n) is 1.95. The van der Waals surface area contributed by atoms with Gasteiger partial charge in [-0.25, -0.2) is 13.1 Å². The molecule has 6 heteroatoms. The van der Waals surface area contributed by atoms with Crippen molar-refractivity contribution in [2.24, 2.45) is 0 Å². The molecular weight excluding hydrogens is 226 g/mol. The number of sulfonamides is 1. The van der Waals surface area contributed by atoms with Crippen LogP contribution in [-0.4, -0.2) is 26.5 Å². The first kappa shape index (κ1) is 12.9. The number of anilines is 1. The first-order chi connectivity index (χ1) is 7.60. The Kier molecular flexibility index (Phi) is 4.70. The second-order valence-electron chi connectivity index (χ2n) is 3.34. The highest BCUT2D eigenvalue weighted by atomic mass is 32.2. The van der Waals surface area contributed by atoms with Crippen molar-refractivity contribution in [3.63, 3.8) is 0 Å². The molecule has 0 unspecified atom stereocenters. The van der Waals surface area contributed by atoms with Crippen LogP contribution in [0.15, 0.2) is 23.4 Å². The van der Waals surface area contributed by atoms with Crippen LogP contribution in [0.5, 0.6) is 0 Å². The molecule has 0 bridgehead atoms. The molecule has 1 rings (SSSR count). The van der Waals surface area contributed by atoms with E-state index in [2.05, 4.69) is 15.0 Å². The average Bonchev–Trinajstić information content (AvgIpc) is 2.27. The highest BCUT2D eigenvalue weighted by Gasteiger charge is 2.13. The van der Waals surface area contributed by atoms with Gasteiger partial charge in [0.25, 0.3) is 0 Å². The molecule has 90 valence electrons. The molecule has 2 N–H and O–H groups in total. The fourth-order valence-electron chi connectivity index (χ4n) is 1.19. The van der Waals surface area contributed by atoms with E-state index >= 15 is 0 Å². The van der Waals surface area contributed by atoms with E-state index in [0.29, 0.717) is 12.2 Å². The van der Waals surface area contributed by atoms with E-state index in [0.717, 1.165) is 13.0 Å². The number of aromatic nitrogens is 1. The molecule has 0 radical (unpaired) electrons. The smallest absolute Gasteiger partial charge is 0.242 e. The summed E-state index contributed by atoms with van der Waals surface area (Å²) in [5.74, 6) is 0. The summed E-state index contributed by atoms with van der Waals surface area (Å²) in [6, 6.07) is 1.58. The Hall–Kier alpha value is -1.14. The van der Waals surface area contributed by atoms with Crippen LogP contribution in [0.2, 0.25) is 0 Å². The van der Waals surface area contributed by atoms with Crippen LogP contribution in [-0.2, 0) is 10.0 Å². The van der Waals surface area contributed by atoms with Crippen molar-refractivity contribution in [3.05, 3.63) is 18.5 Å². The third kappa shape index (κ3) is 3.46. The SMILES string of the molecule is CCCNS(=O)(=O)c1cncc(NCC)c1. The highest BCUT2D eigenvalue weighted by Crippen LogP contribution is 2.12. The summed E-state index contributed by atoms with van der Waals surface area (Å²) in [6.45, 7) is 5.02. The maximum atomic E-state index is 11.8. The van der Waals surface area contributed by atoms with Gasteiger partial charge in [-0.3, -0.25) is 4.98 Å². The zero-order chi connectivity index (χ0) is 12.0. The molecular formula is C10H17N3O2S. The fraction of sp³-hybridized carbons (Fsp3) is 0.500. The normalized spacial score (nSPS) is 11.4. The Balaban J connectivity index is 2.90. The summed E-state index contributed by atoms with van der Waals surface area (Å²) < 4.78 is 26.0. The van der Waals surface area contributed by atoms with E-state index in [1.165, 1.54) is 6.20 Å². The van der Waals surface area contributed by atoms with Crippen LogP contribution in [0.4, 0.5) is 5.69 Å². The van der Waals surface area contributed by atoms with Crippen LogP contribution in [0.25, 0.3) is 0 Å². The molecule has 1 aromatic heterocycles. The second kappa shape index (κ2) is 5.81. The lowest BCUT2D eigenvalue weighted by atomic mass is 10.4. The lowest BCUT2D eigenvalue weighted by molar-refractivity contribution is 0.580. The highest BCUT2D eigenvalue weighted by molar-refractivity contribution is 7.89. The minimum absolute atomic E-state index is 0.194. The third-order valence-corrected chi connectivity index (χ3v) is 3.37. The molecule has 16 heavy (non-hydrogen) atoms. The zero-order valence-corrected chi connectivity index (χ0v) is 10.3. The van der Waals surface area contributed by atoms with Gasteiger partial charge in [0, 0.05) is 19.3 Å². The molecule has 0 aliphatic carbocycles. The maximum Gasteiger partial charge on any atom is 0.242 e. The molecule has 0 fully saturated rings. The molecule has 0 spiro atoms. The molecule has 0 saturated carbocycles. The van der Waals surface area contributed by atoms with Crippen molar-refractivity contribution >= 4 is 15.7 Å². The van der Waals surface area contributed by atoms with Crippen molar-refractivity contribution < 1.29 is 8.42 Å². The molecule has 0 aliphatic heterocycles. The largest absolute Gasteiger partial charge is 0.384 e. The number of nitrogens with one attached hydrogen (secondary N) is 2. The zero-order valence-electron chi connectivity index (χ0n) is 9.53. The number of pyridine rings is 1.